The van der Waals surface area contributed by atoms with E-state index in [9.17, 15) is 9.59 Å². The molecule has 1 heterocycles. The molecule has 1 atom stereocenters. The number of ether oxygens (including phenoxy) is 1. The van der Waals surface area contributed by atoms with Gasteiger partial charge in [0, 0.05) is 25.3 Å². The molecular formula is C22H25N3O4S. The minimum atomic E-state index is -0.562. The summed E-state index contributed by atoms with van der Waals surface area (Å²) < 4.78 is 5.42. The lowest BCUT2D eigenvalue weighted by Crippen LogP contribution is -2.31. The average molecular weight is 428 g/mol. The quantitative estimate of drug-likeness (QED) is 0.291. The Hall–Kier alpha value is -2.84. The van der Waals surface area contributed by atoms with E-state index in [-0.39, 0.29) is 24.8 Å². The number of nitrogens with one attached hydrogen (secondary N) is 1. The third kappa shape index (κ3) is 5.61. The first-order valence-corrected chi connectivity index (χ1v) is 10.7. The summed E-state index contributed by atoms with van der Waals surface area (Å²) in [6, 6.07) is 16.4. The van der Waals surface area contributed by atoms with Crippen LogP contribution in [0.25, 0.3) is 0 Å². The number of carbonyl (C=O) groups is 2. The van der Waals surface area contributed by atoms with Crippen molar-refractivity contribution in [3.05, 3.63) is 54.6 Å². The molecule has 2 aromatic carbocycles. The Bertz CT molecular complexity index is 887. The van der Waals surface area contributed by atoms with Crippen molar-refractivity contribution in [2.24, 2.45) is 4.99 Å². The number of amides is 2. The van der Waals surface area contributed by atoms with Crippen LogP contribution in [-0.4, -0.2) is 47.1 Å². The van der Waals surface area contributed by atoms with Crippen molar-refractivity contribution in [3.63, 3.8) is 0 Å². The zero-order valence-electron chi connectivity index (χ0n) is 16.8. The number of carbonyl (C=O) groups excluding carboxylic acids is 2. The molecule has 0 radical (unpaired) electrons. The van der Waals surface area contributed by atoms with Crippen molar-refractivity contribution < 1.29 is 19.4 Å². The number of imide groups is 1. The molecule has 2 amide bonds. The fourth-order valence-corrected chi connectivity index (χ4v) is 4.01. The number of aliphatic imine (C=N–C) groups is 1. The van der Waals surface area contributed by atoms with Crippen LogP contribution in [0.2, 0.25) is 0 Å². The van der Waals surface area contributed by atoms with Gasteiger partial charge in [0.05, 0.1) is 12.3 Å². The number of aliphatic hydroxyl groups is 1. The van der Waals surface area contributed by atoms with E-state index in [4.69, 9.17) is 9.84 Å². The molecular weight excluding hydrogens is 402 g/mol. The van der Waals surface area contributed by atoms with E-state index in [2.05, 4.69) is 10.3 Å². The molecule has 30 heavy (non-hydrogen) atoms. The molecule has 0 unspecified atom stereocenters. The second-order valence-corrected chi connectivity index (χ2v) is 7.75. The summed E-state index contributed by atoms with van der Waals surface area (Å²) in [5.41, 5.74) is 1.37. The summed E-state index contributed by atoms with van der Waals surface area (Å²) in [4.78, 5) is 31.2. The minimum Gasteiger partial charge on any atom is -0.494 e. The molecule has 2 aromatic rings. The lowest BCUT2D eigenvalue weighted by Gasteiger charge is -2.16. The molecule has 0 saturated carbocycles. The van der Waals surface area contributed by atoms with Gasteiger partial charge in [0.1, 0.15) is 11.0 Å². The van der Waals surface area contributed by atoms with Crippen LogP contribution in [-0.2, 0) is 9.59 Å². The zero-order valence-corrected chi connectivity index (χ0v) is 17.6. The Labute approximate surface area is 180 Å². The van der Waals surface area contributed by atoms with Gasteiger partial charge in [-0.05, 0) is 49.7 Å². The van der Waals surface area contributed by atoms with Crippen molar-refractivity contribution >= 4 is 40.1 Å². The van der Waals surface area contributed by atoms with E-state index in [0.29, 0.717) is 36.2 Å². The molecule has 1 saturated heterocycles. The van der Waals surface area contributed by atoms with Crippen LogP contribution in [0.15, 0.2) is 59.6 Å². The molecule has 3 rings (SSSR count). The lowest BCUT2D eigenvalue weighted by molar-refractivity contribution is -0.121. The average Bonchev–Trinajstić information content (AvgIpc) is 3.03. The van der Waals surface area contributed by atoms with Crippen LogP contribution in [0.4, 0.5) is 11.4 Å². The second kappa shape index (κ2) is 10.8. The van der Waals surface area contributed by atoms with Crippen molar-refractivity contribution in [2.75, 3.05) is 30.0 Å². The van der Waals surface area contributed by atoms with E-state index in [1.54, 1.807) is 24.3 Å². The maximum atomic E-state index is 13.0. The predicted molar refractivity (Wildman–Crippen MR) is 120 cm³/mol. The smallest absolute Gasteiger partial charge is 0.247 e. The SMILES string of the molecule is CCOc1ccc(N2C(=O)C[C@H](SC(=NCCCO)Nc3ccccc3)C2=O)cc1. The molecule has 0 spiro atoms. The van der Waals surface area contributed by atoms with E-state index in [1.807, 2.05) is 37.3 Å². The molecule has 2 N–H and O–H groups in total. The fraction of sp³-hybridized carbons (Fsp3) is 0.318. The van der Waals surface area contributed by atoms with Crippen molar-refractivity contribution in [1.82, 2.24) is 0 Å². The Balaban J connectivity index is 1.72. The Morgan fingerprint density at radius 2 is 1.93 bits per heavy atom. The molecule has 1 aliphatic heterocycles. The van der Waals surface area contributed by atoms with E-state index < -0.39 is 5.25 Å². The first kappa shape index (κ1) is 21.9. The highest BCUT2D eigenvalue weighted by Gasteiger charge is 2.40. The number of anilines is 2. The van der Waals surface area contributed by atoms with Crippen LogP contribution in [0.5, 0.6) is 5.75 Å². The van der Waals surface area contributed by atoms with Gasteiger partial charge in [0.15, 0.2) is 5.17 Å². The zero-order chi connectivity index (χ0) is 21.3. The largest absolute Gasteiger partial charge is 0.494 e. The van der Waals surface area contributed by atoms with Crippen molar-refractivity contribution in [2.45, 2.75) is 25.0 Å². The summed E-state index contributed by atoms with van der Waals surface area (Å²) in [7, 11) is 0. The molecule has 1 fully saturated rings. The predicted octanol–water partition coefficient (Wildman–Crippen LogP) is 3.30. The number of rotatable bonds is 8. The molecule has 7 nitrogen and oxygen atoms in total. The number of hydrogen-bond acceptors (Lipinski definition) is 6. The molecule has 0 aromatic heterocycles. The number of para-hydroxylation sites is 1. The van der Waals surface area contributed by atoms with Crippen molar-refractivity contribution in [1.29, 1.82) is 0 Å². The van der Waals surface area contributed by atoms with E-state index in [1.165, 1.54) is 16.7 Å². The maximum absolute atomic E-state index is 13.0. The van der Waals surface area contributed by atoms with E-state index in [0.717, 1.165) is 5.69 Å². The van der Waals surface area contributed by atoms with Crippen LogP contribution in [0, 0.1) is 0 Å². The summed E-state index contributed by atoms with van der Waals surface area (Å²) >= 11 is 1.24. The molecule has 8 heteroatoms. The van der Waals surface area contributed by atoms with Gasteiger partial charge in [-0.15, -0.1) is 0 Å². The number of thioether (sulfide) groups is 1. The van der Waals surface area contributed by atoms with Gasteiger partial charge in [0.2, 0.25) is 11.8 Å². The van der Waals surface area contributed by atoms with Gasteiger partial charge in [-0.3, -0.25) is 14.6 Å². The van der Waals surface area contributed by atoms with Gasteiger partial charge >= 0.3 is 0 Å². The topological polar surface area (TPSA) is 91.2 Å². The molecule has 1 aliphatic rings. The van der Waals surface area contributed by atoms with Gasteiger partial charge < -0.3 is 15.2 Å². The van der Waals surface area contributed by atoms with Crippen LogP contribution >= 0.6 is 11.8 Å². The van der Waals surface area contributed by atoms with Gasteiger partial charge in [-0.2, -0.15) is 0 Å². The number of aliphatic hydroxyl groups excluding tert-OH is 1. The first-order chi connectivity index (χ1) is 14.6. The molecule has 158 valence electrons. The number of benzene rings is 2. The Morgan fingerprint density at radius 1 is 1.20 bits per heavy atom. The molecule has 0 aliphatic carbocycles. The van der Waals surface area contributed by atoms with Crippen LogP contribution < -0.4 is 15.0 Å². The normalized spacial score (nSPS) is 16.8. The van der Waals surface area contributed by atoms with Gasteiger partial charge in [0.25, 0.3) is 0 Å². The Kier molecular flexibility index (Phi) is 7.87. The third-order valence-electron chi connectivity index (χ3n) is 4.36. The highest BCUT2D eigenvalue weighted by atomic mass is 32.2. The number of amidine groups is 1. The minimum absolute atomic E-state index is 0.0408. The lowest BCUT2D eigenvalue weighted by atomic mass is 10.3. The fourth-order valence-electron chi connectivity index (χ4n) is 2.96. The van der Waals surface area contributed by atoms with Crippen LogP contribution in [0.3, 0.4) is 0 Å². The monoisotopic (exact) mass is 427 g/mol. The van der Waals surface area contributed by atoms with E-state index >= 15 is 0 Å². The maximum Gasteiger partial charge on any atom is 0.247 e. The highest BCUT2D eigenvalue weighted by Crippen LogP contribution is 2.31. The van der Waals surface area contributed by atoms with Gasteiger partial charge in [-0.1, -0.05) is 30.0 Å². The highest BCUT2D eigenvalue weighted by molar-refractivity contribution is 8.15. The number of nitrogens with zero attached hydrogens (tertiary/aromatic N) is 2. The summed E-state index contributed by atoms with van der Waals surface area (Å²) in [5, 5.41) is 12.2. The number of hydrogen-bond donors (Lipinski definition) is 2. The van der Waals surface area contributed by atoms with Gasteiger partial charge in [-0.25, -0.2) is 4.90 Å². The van der Waals surface area contributed by atoms with Crippen LogP contribution in [0.1, 0.15) is 19.8 Å². The summed E-state index contributed by atoms with van der Waals surface area (Å²) in [6.45, 7) is 2.91. The second-order valence-electron chi connectivity index (χ2n) is 6.56. The third-order valence-corrected chi connectivity index (χ3v) is 5.47. The molecule has 0 bridgehead atoms. The Morgan fingerprint density at radius 3 is 2.60 bits per heavy atom. The summed E-state index contributed by atoms with van der Waals surface area (Å²) in [5.74, 6) is 0.187. The first-order valence-electron chi connectivity index (χ1n) is 9.86. The van der Waals surface area contributed by atoms with Crippen molar-refractivity contribution in [3.8, 4) is 5.75 Å². The summed E-state index contributed by atoms with van der Waals surface area (Å²) in [6.07, 6.45) is 0.628. The standard InChI is InChI=1S/C22H25N3O4S/c1-2-29-18-11-9-17(10-12-18)25-20(27)15-19(21(25)28)30-22(23-13-6-14-26)24-16-7-4-3-5-8-16/h3-5,7-12,19,26H,2,6,13-15H2,1H3,(H,23,24)/t19-/m0/s1.